The van der Waals surface area contributed by atoms with Gasteiger partial charge in [0.1, 0.15) is 11.6 Å². The van der Waals surface area contributed by atoms with Crippen molar-refractivity contribution < 1.29 is 4.79 Å². The number of amides is 1. The van der Waals surface area contributed by atoms with E-state index < -0.39 is 0 Å². The molecule has 1 atom stereocenters. The van der Waals surface area contributed by atoms with E-state index in [1.54, 1.807) is 6.07 Å². The Bertz CT molecular complexity index is 420. The van der Waals surface area contributed by atoms with E-state index >= 15 is 0 Å². The normalized spacial score (nSPS) is 11.8. The Labute approximate surface area is 123 Å². The second kappa shape index (κ2) is 8.60. The van der Waals surface area contributed by atoms with Crippen molar-refractivity contribution in [3.63, 3.8) is 0 Å². The van der Waals surface area contributed by atoms with Crippen molar-refractivity contribution in [1.82, 2.24) is 15.3 Å². The number of nitrogen functional groups attached to an aromatic ring is 1. The molecule has 0 radical (unpaired) electrons. The fraction of sp³-hybridized carbons (Fsp3) is 0.583. The Hall–Kier alpha value is -1.54. The van der Waals surface area contributed by atoms with Crippen LogP contribution >= 0.6 is 11.8 Å². The second-order valence-electron chi connectivity index (χ2n) is 4.32. The zero-order valence-electron chi connectivity index (χ0n) is 12.1. The zero-order valence-corrected chi connectivity index (χ0v) is 12.9. The van der Waals surface area contributed by atoms with Crippen LogP contribution in [0.1, 0.15) is 26.7 Å². The number of hydrogen-bond donors (Lipinski definition) is 4. The number of carbonyl (C=O) groups excluding carboxylic acids is 1. The second-order valence-corrected chi connectivity index (χ2v) is 5.10. The molecule has 1 unspecified atom stereocenters. The molecule has 0 aromatic carbocycles. The predicted octanol–water partition coefficient (Wildman–Crippen LogP) is 1.20. The van der Waals surface area contributed by atoms with E-state index in [0.29, 0.717) is 29.8 Å². The molecule has 112 valence electrons. The highest BCUT2D eigenvalue weighted by molar-refractivity contribution is 7.98. The van der Waals surface area contributed by atoms with E-state index in [1.807, 2.05) is 20.1 Å². The van der Waals surface area contributed by atoms with Gasteiger partial charge in [-0.05, 0) is 19.6 Å². The molecule has 0 aliphatic carbocycles. The maximum Gasteiger partial charge on any atom is 0.221 e. The minimum Gasteiger partial charge on any atom is -0.369 e. The molecule has 1 aromatic heterocycles. The molecule has 0 saturated carbocycles. The smallest absolute Gasteiger partial charge is 0.221 e. The molecule has 0 aliphatic heterocycles. The van der Waals surface area contributed by atoms with Crippen molar-refractivity contribution in [3.05, 3.63) is 6.07 Å². The number of nitrogens with two attached hydrogens (primary N) is 1. The molecule has 5 N–H and O–H groups in total. The average Bonchev–Trinajstić information content (AvgIpc) is 2.46. The number of anilines is 2. The number of thioether (sulfide) groups is 1. The maximum atomic E-state index is 11.6. The Morgan fingerprint density at radius 2 is 2.15 bits per heavy atom. The van der Waals surface area contributed by atoms with Gasteiger partial charge in [-0.15, -0.1) is 0 Å². The zero-order chi connectivity index (χ0) is 15.0. The molecule has 1 aromatic rings. The summed E-state index contributed by atoms with van der Waals surface area (Å²) in [5, 5.41) is 6.63. The number of nitrogens with zero attached hydrogens (tertiary/aromatic N) is 2. The Balaban J connectivity index is 2.47. The fourth-order valence-corrected chi connectivity index (χ4v) is 1.81. The molecule has 0 fully saturated rings. The van der Waals surface area contributed by atoms with E-state index in [9.17, 15) is 4.79 Å². The summed E-state index contributed by atoms with van der Waals surface area (Å²) in [6.07, 6.45) is 3.21. The molecule has 20 heavy (non-hydrogen) atoms. The first-order valence-electron chi connectivity index (χ1n) is 6.52. The highest BCUT2D eigenvalue weighted by Crippen LogP contribution is 2.16. The van der Waals surface area contributed by atoms with Crippen molar-refractivity contribution in [2.45, 2.75) is 37.9 Å². The fourth-order valence-electron chi connectivity index (χ4n) is 1.43. The summed E-state index contributed by atoms with van der Waals surface area (Å²) in [7, 11) is 0. The summed E-state index contributed by atoms with van der Waals surface area (Å²) in [5.74, 6) is 6.56. The van der Waals surface area contributed by atoms with Gasteiger partial charge in [-0.1, -0.05) is 18.7 Å². The quantitative estimate of drug-likeness (QED) is 0.247. The molecule has 0 spiro atoms. The monoisotopic (exact) mass is 298 g/mol. The summed E-state index contributed by atoms with van der Waals surface area (Å²) in [5.41, 5.74) is 2.49. The number of rotatable bonds is 8. The van der Waals surface area contributed by atoms with Crippen molar-refractivity contribution in [2.24, 2.45) is 5.84 Å². The largest absolute Gasteiger partial charge is 0.369 e. The predicted molar refractivity (Wildman–Crippen MR) is 82.6 cm³/mol. The number of carbonyl (C=O) groups is 1. The van der Waals surface area contributed by atoms with Gasteiger partial charge in [0.15, 0.2) is 5.16 Å². The molecule has 0 aliphatic rings. The summed E-state index contributed by atoms with van der Waals surface area (Å²) in [6, 6.07) is 1.91. The molecular formula is C12H22N6OS. The Kier molecular flexibility index (Phi) is 7.10. The van der Waals surface area contributed by atoms with Crippen LogP contribution in [-0.2, 0) is 4.79 Å². The van der Waals surface area contributed by atoms with Crippen molar-refractivity contribution in [1.29, 1.82) is 0 Å². The van der Waals surface area contributed by atoms with Crippen LogP contribution in [0.5, 0.6) is 0 Å². The average molecular weight is 298 g/mol. The van der Waals surface area contributed by atoms with Crippen molar-refractivity contribution >= 4 is 29.3 Å². The summed E-state index contributed by atoms with van der Waals surface area (Å²) in [4.78, 5) is 20.1. The number of hydrazine groups is 1. The SMILES string of the molecule is CCC(C)NC(=O)CCNc1cc(NN)nc(SC)n1. The van der Waals surface area contributed by atoms with Crippen LogP contribution in [0.25, 0.3) is 0 Å². The first-order valence-corrected chi connectivity index (χ1v) is 7.74. The van der Waals surface area contributed by atoms with Crippen molar-refractivity contribution in [3.8, 4) is 0 Å². The molecule has 1 heterocycles. The summed E-state index contributed by atoms with van der Waals surface area (Å²) in [6.45, 7) is 4.53. The maximum absolute atomic E-state index is 11.6. The van der Waals surface area contributed by atoms with Crippen LogP contribution in [0.4, 0.5) is 11.6 Å². The van der Waals surface area contributed by atoms with Crippen LogP contribution in [0.3, 0.4) is 0 Å². The van der Waals surface area contributed by atoms with Gasteiger partial charge in [0.25, 0.3) is 0 Å². The van der Waals surface area contributed by atoms with Gasteiger partial charge < -0.3 is 16.1 Å². The Morgan fingerprint density at radius 1 is 1.45 bits per heavy atom. The van der Waals surface area contributed by atoms with Crippen LogP contribution in [0.2, 0.25) is 0 Å². The lowest BCUT2D eigenvalue weighted by Gasteiger charge is -2.12. The highest BCUT2D eigenvalue weighted by Gasteiger charge is 2.06. The van der Waals surface area contributed by atoms with Gasteiger partial charge in [-0.25, -0.2) is 15.8 Å². The Morgan fingerprint density at radius 3 is 2.75 bits per heavy atom. The number of nitrogens with one attached hydrogen (secondary N) is 3. The van der Waals surface area contributed by atoms with Gasteiger partial charge in [-0.3, -0.25) is 4.79 Å². The lowest BCUT2D eigenvalue weighted by atomic mass is 10.2. The standard InChI is InChI=1S/C12H22N6OS/c1-4-8(2)15-11(19)5-6-14-9-7-10(18-13)17-12(16-9)20-3/h7-8H,4-6,13H2,1-3H3,(H,15,19)(H2,14,16,17,18). The van der Waals surface area contributed by atoms with Gasteiger partial charge >= 0.3 is 0 Å². The molecule has 8 heteroatoms. The molecule has 7 nitrogen and oxygen atoms in total. The minimum atomic E-state index is 0.0307. The van der Waals surface area contributed by atoms with E-state index in [1.165, 1.54) is 11.8 Å². The third-order valence-corrected chi connectivity index (χ3v) is 3.26. The van der Waals surface area contributed by atoms with E-state index in [0.717, 1.165) is 6.42 Å². The minimum absolute atomic E-state index is 0.0307. The van der Waals surface area contributed by atoms with Gasteiger partial charge in [0.2, 0.25) is 5.91 Å². The van der Waals surface area contributed by atoms with Gasteiger partial charge in [-0.2, -0.15) is 0 Å². The highest BCUT2D eigenvalue weighted by atomic mass is 32.2. The van der Waals surface area contributed by atoms with Crippen LogP contribution < -0.4 is 21.9 Å². The molecule has 0 bridgehead atoms. The molecular weight excluding hydrogens is 276 g/mol. The summed E-state index contributed by atoms with van der Waals surface area (Å²) < 4.78 is 0. The van der Waals surface area contributed by atoms with Crippen molar-refractivity contribution in [2.75, 3.05) is 23.5 Å². The van der Waals surface area contributed by atoms with E-state index in [2.05, 4.69) is 26.0 Å². The number of hydrogen-bond acceptors (Lipinski definition) is 7. The molecule has 0 saturated heterocycles. The lowest BCUT2D eigenvalue weighted by Crippen LogP contribution is -2.33. The topological polar surface area (TPSA) is 105 Å². The first-order chi connectivity index (χ1) is 9.58. The van der Waals surface area contributed by atoms with Gasteiger partial charge in [0, 0.05) is 25.1 Å². The van der Waals surface area contributed by atoms with E-state index in [-0.39, 0.29) is 11.9 Å². The van der Waals surface area contributed by atoms with E-state index in [4.69, 9.17) is 5.84 Å². The van der Waals surface area contributed by atoms with Crippen LogP contribution in [0.15, 0.2) is 11.2 Å². The van der Waals surface area contributed by atoms with Crippen LogP contribution in [-0.4, -0.2) is 34.7 Å². The lowest BCUT2D eigenvalue weighted by molar-refractivity contribution is -0.121. The van der Waals surface area contributed by atoms with Crippen LogP contribution in [0, 0.1) is 0 Å². The number of aromatic nitrogens is 2. The summed E-state index contributed by atoms with van der Waals surface area (Å²) >= 11 is 1.43. The molecule has 1 rings (SSSR count). The third kappa shape index (κ3) is 5.62. The molecule has 1 amide bonds. The first kappa shape index (κ1) is 16.5. The van der Waals surface area contributed by atoms with Gasteiger partial charge in [0.05, 0.1) is 0 Å². The third-order valence-electron chi connectivity index (χ3n) is 2.71.